The number of aromatic amines is 1. The third-order valence-electron chi connectivity index (χ3n) is 8.49. The zero-order valence-electron chi connectivity index (χ0n) is 24.6. The highest BCUT2D eigenvalue weighted by Gasteiger charge is 2.30. The second-order valence-corrected chi connectivity index (χ2v) is 11.7. The van der Waals surface area contributed by atoms with Gasteiger partial charge in [0.15, 0.2) is 0 Å². The number of likely N-dealkylation sites (N-methyl/N-ethyl adjacent to an activating group) is 1. The maximum Gasteiger partial charge on any atom is 0.250 e. The molecule has 2 unspecified atom stereocenters. The maximum absolute atomic E-state index is 12.7. The number of hydrogen-bond acceptors (Lipinski definition) is 8. The molecule has 4 aromatic rings. The van der Waals surface area contributed by atoms with Gasteiger partial charge in [-0.3, -0.25) is 9.78 Å². The Kier molecular flexibility index (Phi) is 7.61. The Bertz CT molecular complexity index is 1660. The van der Waals surface area contributed by atoms with Crippen LogP contribution in [0.2, 0.25) is 0 Å². The predicted octanol–water partition coefficient (Wildman–Crippen LogP) is 4.76. The second kappa shape index (κ2) is 11.8. The molecule has 3 aliphatic rings. The van der Waals surface area contributed by atoms with E-state index >= 15 is 0 Å². The third kappa shape index (κ3) is 5.88. The number of para-hydroxylation sites is 1. The zero-order valence-corrected chi connectivity index (χ0v) is 24.6. The fourth-order valence-corrected chi connectivity index (χ4v) is 6.17. The fraction of sp³-hybridized carbons (Fsp3) is 0.353. The Morgan fingerprint density at radius 1 is 1.00 bits per heavy atom. The summed E-state index contributed by atoms with van der Waals surface area (Å²) in [6.07, 6.45) is 2.60. The molecule has 0 radical (unpaired) electrons. The summed E-state index contributed by atoms with van der Waals surface area (Å²) in [4.78, 5) is 25.0. The fourth-order valence-electron chi connectivity index (χ4n) is 6.17. The number of hydrogen-bond donors (Lipinski definition) is 2. The highest BCUT2D eigenvalue weighted by Crippen LogP contribution is 2.43. The summed E-state index contributed by atoms with van der Waals surface area (Å²) < 4.78 is 18.3. The lowest BCUT2D eigenvalue weighted by Crippen LogP contribution is -2.45. The first-order chi connectivity index (χ1) is 21.0. The average molecular weight is 580 g/mol. The van der Waals surface area contributed by atoms with Crippen molar-refractivity contribution in [1.82, 2.24) is 14.9 Å². The minimum Gasteiger partial charge on any atom is -0.456 e. The molecule has 2 saturated heterocycles. The number of aryl methyl sites for hydroxylation is 1. The van der Waals surface area contributed by atoms with Gasteiger partial charge in [-0.1, -0.05) is 18.2 Å². The van der Waals surface area contributed by atoms with Crippen molar-refractivity contribution >= 4 is 11.4 Å². The van der Waals surface area contributed by atoms with Gasteiger partial charge in [-0.25, -0.2) is 0 Å². The third-order valence-corrected chi connectivity index (χ3v) is 8.49. The number of morpholine rings is 2. The minimum absolute atomic E-state index is 0.0279. The molecule has 5 heterocycles. The number of aromatic nitrogens is 2. The first-order valence-electron chi connectivity index (χ1n) is 15.0. The molecule has 222 valence electrons. The number of benzene rings is 2. The van der Waals surface area contributed by atoms with Crippen molar-refractivity contribution < 1.29 is 14.2 Å². The molecule has 7 rings (SSSR count). The molecular weight excluding hydrogens is 542 g/mol. The topological polar surface area (TPSA) is 92.0 Å². The van der Waals surface area contributed by atoms with Gasteiger partial charge in [0.25, 0.3) is 0 Å². The minimum atomic E-state index is -0.130. The van der Waals surface area contributed by atoms with E-state index in [4.69, 9.17) is 19.2 Å². The van der Waals surface area contributed by atoms with Gasteiger partial charge < -0.3 is 34.3 Å². The summed E-state index contributed by atoms with van der Waals surface area (Å²) in [5.41, 5.74) is 7.66. The summed E-state index contributed by atoms with van der Waals surface area (Å²) >= 11 is 0. The van der Waals surface area contributed by atoms with Crippen molar-refractivity contribution in [2.45, 2.75) is 25.5 Å². The van der Waals surface area contributed by atoms with Crippen LogP contribution in [-0.2, 0) is 15.9 Å². The lowest BCUT2D eigenvalue weighted by Gasteiger charge is -2.36. The maximum atomic E-state index is 12.7. The van der Waals surface area contributed by atoms with Gasteiger partial charge in [-0.2, -0.15) is 0 Å². The first kappa shape index (κ1) is 27.6. The van der Waals surface area contributed by atoms with Crippen LogP contribution in [0.3, 0.4) is 0 Å². The summed E-state index contributed by atoms with van der Waals surface area (Å²) in [6, 6.07) is 20.2. The van der Waals surface area contributed by atoms with Crippen molar-refractivity contribution in [3.8, 4) is 22.8 Å². The van der Waals surface area contributed by atoms with E-state index < -0.39 is 0 Å². The molecule has 2 aromatic carbocycles. The van der Waals surface area contributed by atoms with Crippen LogP contribution in [0.15, 0.2) is 71.7 Å². The lowest BCUT2D eigenvalue weighted by molar-refractivity contribution is -0.0297. The van der Waals surface area contributed by atoms with Gasteiger partial charge in [-0.05, 0) is 61.5 Å². The monoisotopic (exact) mass is 579 g/mol. The van der Waals surface area contributed by atoms with Crippen LogP contribution in [0.5, 0.6) is 11.5 Å². The highest BCUT2D eigenvalue weighted by atomic mass is 16.5. The van der Waals surface area contributed by atoms with Crippen molar-refractivity contribution in [1.29, 1.82) is 0 Å². The van der Waals surface area contributed by atoms with Crippen molar-refractivity contribution in [2.75, 3.05) is 63.3 Å². The number of fused-ring (bicyclic) bond motifs is 2. The molecule has 9 heteroatoms. The summed E-state index contributed by atoms with van der Waals surface area (Å²) in [5, 5.41) is 3.74. The number of rotatable bonds is 6. The Morgan fingerprint density at radius 3 is 2.70 bits per heavy atom. The molecule has 2 fully saturated rings. The highest BCUT2D eigenvalue weighted by molar-refractivity contribution is 5.74. The molecule has 0 spiro atoms. The lowest BCUT2D eigenvalue weighted by atomic mass is 9.95. The van der Waals surface area contributed by atoms with Crippen molar-refractivity contribution in [2.24, 2.45) is 0 Å². The van der Waals surface area contributed by atoms with Crippen LogP contribution in [0.1, 0.15) is 28.4 Å². The number of nitrogens with zero attached hydrogens (tertiary/aromatic N) is 3. The van der Waals surface area contributed by atoms with Crippen LogP contribution >= 0.6 is 0 Å². The van der Waals surface area contributed by atoms with E-state index in [1.54, 1.807) is 6.07 Å². The molecule has 0 bridgehead atoms. The van der Waals surface area contributed by atoms with Gasteiger partial charge in [0, 0.05) is 67.4 Å². The van der Waals surface area contributed by atoms with E-state index in [0.29, 0.717) is 19.8 Å². The van der Waals surface area contributed by atoms with Gasteiger partial charge in [0.05, 0.1) is 43.4 Å². The molecule has 43 heavy (non-hydrogen) atoms. The van der Waals surface area contributed by atoms with Gasteiger partial charge in [0.1, 0.15) is 11.5 Å². The summed E-state index contributed by atoms with van der Waals surface area (Å²) in [6.45, 7) is 7.35. The first-order valence-corrected chi connectivity index (χ1v) is 15.0. The average Bonchev–Trinajstić information content (AvgIpc) is 3.03. The van der Waals surface area contributed by atoms with Crippen LogP contribution in [0.4, 0.5) is 11.4 Å². The van der Waals surface area contributed by atoms with Crippen LogP contribution in [-0.4, -0.2) is 74.0 Å². The van der Waals surface area contributed by atoms with E-state index in [0.717, 1.165) is 89.1 Å². The normalized spacial score (nSPS) is 19.2. The smallest absolute Gasteiger partial charge is 0.250 e. The van der Waals surface area contributed by atoms with Gasteiger partial charge in [-0.15, -0.1) is 0 Å². The van der Waals surface area contributed by atoms with E-state index in [1.165, 1.54) is 0 Å². The van der Waals surface area contributed by atoms with Gasteiger partial charge in [0.2, 0.25) is 5.56 Å². The number of H-pyrrole nitrogens is 1. The Morgan fingerprint density at radius 2 is 1.88 bits per heavy atom. The van der Waals surface area contributed by atoms with E-state index in [1.807, 2.05) is 30.5 Å². The quantitative estimate of drug-likeness (QED) is 0.298. The second-order valence-electron chi connectivity index (χ2n) is 11.7. The van der Waals surface area contributed by atoms with Crippen molar-refractivity contribution in [3.63, 3.8) is 0 Å². The molecule has 3 aliphatic heterocycles. The Labute approximate surface area is 251 Å². The zero-order chi connectivity index (χ0) is 29.3. The Balaban J connectivity index is 1.16. The molecule has 2 aromatic heterocycles. The molecule has 0 amide bonds. The van der Waals surface area contributed by atoms with Crippen molar-refractivity contribution in [3.05, 3.63) is 99.6 Å². The van der Waals surface area contributed by atoms with Crippen LogP contribution < -0.4 is 20.5 Å². The molecule has 2 atom stereocenters. The number of nitrogens with one attached hydrogen (secondary N) is 2. The van der Waals surface area contributed by atoms with Crippen LogP contribution in [0.25, 0.3) is 11.3 Å². The standard InChI is InChI=1S/C34H37N5O4/c1-22-6-8-28(35-20-22)33(31-21-38(2)10-15-42-31)36-25-7-9-30-24(17-25)16-23-4-3-5-27(34(23)43-30)29-18-26(19-32(40)37-29)39-11-13-41-14-12-39/h3-9,17-20,31,33,36H,10-16,21H2,1-2H3,(H,37,40). The van der Waals surface area contributed by atoms with E-state index in [2.05, 4.69) is 64.4 Å². The number of anilines is 2. The Hall–Kier alpha value is -4.18. The molecule has 0 aliphatic carbocycles. The number of pyridine rings is 2. The molecule has 0 saturated carbocycles. The van der Waals surface area contributed by atoms with Gasteiger partial charge >= 0.3 is 0 Å². The predicted molar refractivity (Wildman–Crippen MR) is 167 cm³/mol. The van der Waals surface area contributed by atoms with Crippen LogP contribution in [0, 0.1) is 6.92 Å². The summed E-state index contributed by atoms with van der Waals surface area (Å²) in [7, 11) is 2.13. The SMILES string of the molecule is Cc1ccc(C(Nc2ccc3c(c2)Cc2cccc(-c4cc(N5CCOCC5)cc(=O)[nH]4)c2O3)C2CN(C)CCO2)nc1. The van der Waals surface area contributed by atoms with E-state index in [9.17, 15) is 4.79 Å². The number of ether oxygens (including phenoxy) is 3. The molecule has 9 nitrogen and oxygen atoms in total. The molecule has 2 N–H and O–H groups in total. The largest absolute Gasteiger partial charge is 0.456 e. The van der Waals surface area contributed by atoms with E-state index in [-0.39, 0.29) is 17.7 Å². The summed E-state index contributed by atoms with van der Waals surface area (Å²) in [5.74, 6) is 1.60. The molecular formula is C34H37N5O4.